The number of carbonyl (C=O) groups is 2. The van der Waals surface area contributed by atoms with Crippen molar-refractivity contribution in [1.29, 1.82) is 0 Å². The van der Waals surface area contributed by atoms with Crippen LogP contribution in [0.5, 0.6) is 5.75 Å². The second-order valence-corrected chi connectivity index (χ2v) is 5.10. The van der Waals surface area contributed by atoms with Gasteiger partial charge in [0.15, 0.2) is 0 Å². The van der Waals surface area contributed by atoms with E-state index in [2.05, 4.69) is 28.2 Å². The molecule has 1 rings (SSSR count). The first-order valence-electron chi connectivity index (χ1n) is 6.42. The van der Waals surface area contributed by atoms with Crippen LogP contribution in [0.15, 0.2) is 22.7 Å². The molecule has 1 aromatic rings. The number of benzene rings is 1. The Hall–Kier alpha value is -1.56. The number of aryl methyl sites for hydroxylation is 1. The quantitative estimate of drug-likeness (QED) is 0.710. The fourth-order valence-electron chi connectivity index (χ4n) is 1.56. The Balaban J connectivity index is 2.27. The fraction of sp³-hybridized carbons (Fsp3) is 0.429. The molecule has 0 radical (unpaired) electrons. The minimum absolute atomic E-state index is 0.248. The van der Waals surface area contributed by atoms with Gasteiger partial charge in [-0.25, -0.2) is 0 Å². The summed E-state index contributed by atoms with van der Waals surface area (Å²) in [6, 6.07) is 5.90. The minimum Gasteiger partial charge on any atom is -0.492 e. The Kier molecular flexibility index (Phi) is 7.08. The molecule has 20 heavy (non-hydrogen) atoms. The molecule has 110 valence electrons. The van der Waals surface area contributed by atoms with Crippen LogP contribution in [0, 0.1) is 0 Å². The van der Waals surface area contributed by atoms with Gasteiger partial charge >= 0.3 is 5.97 Å². The van der Waals surface area contributed by atoms with E-state index < -0.39 is 5.97 Å². The predicted octanol–water partition coefficient (Wildman–Crippen LogP) is 2.37. The summed E-state index contributed by atoms with van der Waals surface area (Å²) >= 11 is 3.44. The Morgan fingerprint density at radius 3 is 2.75 bits per heavy atom. The third-order valence-electron chi connectivity index (χ3n) is 2.65. The lowest BCUT2D eigenvalue weighted by Crippen LogP contribution is -2.29. The molecule has 0 fully saturated rings. The third-order valence-corrected chi connectivity index (χ3v) is 3.27. The van der Waals surface area contributed by atoms with E-state index >= 15 is 0 Å². The lowest BCUT2D eigenvalue weighted by Gasteiger charge is -2.09. The number of hydrogen-bond acceptors (Lipinski definition) is 3. The lowest BCUT2D eigenvalue weighted by atomic mass is 10.2. The molecule has 0 aliphatic carbocycles. The average Bonchev–Trinajstić information content (AvgIpc) is 2.42. The van der Waals surface area contributed by atoms with E-state index in [1.165, 1.54) is 5.56 Å². The average molecular weight is 344 g/mol. The number of halogens is 1. The largest absolute Gasteiger partial charge is 0.492 e. The van der Waals surface area contributed by atoms with Crippen LogP contribution in [0.1, 0.15) is 25.3 Å². The van der Waals surface area contributed by atoms with Gasteiger partial charge in [-0.15, -0.1) is 0 Å². The van der Waals surface area contributed by atoms with Gasteiger partial charge in [0.1, 0.15) is 12.3 Å². The Morgan fingerprint density at radius 2 is 2.15 bits per heavy atom. The van der Waals surface area contributed by atoms with E-state index in [1.807, 2.05) is 18.2 Å². The molecule has 0 saturated heterocycles. The number of aliphatic carboxylic acids is 1. The van der Waals surface area contributed by atoms with Crippen LogP contribution in [0.25, 0.3) is 0 Å². The first kappa shape index (κ1) is 16.5. The first-order chi connectivity index (χ1) is 9.52. The molecule has 0 bridgehead atoms. The SMILES string of the molecule is CCc1ccc(OCCCC(=O)NCC(=O)O)c(Br)c1. The number of ether oxygens (including phenoxy) is 1. The molecule has 0 heterocycles. The highest BCUT2D eigenvalue weighted by molar-refractivity contribution is 9.10. The van der Waals surface area contributed by atoms with E-state index in [4.69, 9.17) is 9.84 Å². The summed E-state index contributed by atoms with van der Waals surface area (Å²) < 4.78 is 6.46. The van der Waals surface area contributed by atoms with Crippen LogP contribution < -0.4 is 10.1 Å². The Bertz CT molecular complexity index is 476. The fourth-order valence-corrected chi connectivity index (χ4v) is 2.10. The second kappa shape index (κ2) is 8.58. The van der Waals surface area contributed by atoms with Crippen LogP contribution in [0.3, 0.4) is 0 Å². The first-order valence-corrected chi connectivity index (χ1v) is 7.22. The highest BCUT2D eigenvalue weighted by atomic mass is 79.9. The van der Waals surface area contributed by atoms with Crippen LogP contribution in [0.4, 0.5) is 0 Å². The monoisotopic (exact) mass is 343 g/mol. The van der Waals surface area contributed by atoms with Gasteiger partial charge in [-0.2, -0.15) is 0 Å². The third kappa shape index (κ3) is 6.06. The second-order valence-electron chi connectivity index (χ2n) is 4.24. The highest BCUT2D eigenvalue weighted by Gasteiger charge is 2.05. The van der Waals surface area contributed by atoms with Crippen molar-refractivity contribution in [3.63, 3.8) is 0 Å². The van der Waals surface area contributed by atoms with Gasteiger partial charge < -0.3 is 15.2 Å². The summed E-state index contributed by atoms with van der Waals surface area (Å²) in [5.41, 5.74) is 1.22. The number of carbonyl (C=O) groups excluding carboxylic acids is 1. The molecule has 1 aromatic carbocycles. The van der Waals surface area contributed by atoms with Crippen LogP contribution in [-0.4, -0.2) is 30.1 Å². The van der Waals surface area contributed by atoms with Gasteiger partial charge in [-0.3, -0.25) is 9.59 Å². The van der Waals surface area contributed by atoms with Crippen molar-refractivity contribution in [2.45, 2.75) is 26.2 Å². The highest BCUT2D eigenvalue weighted by Crippen LogP contribution is 2.26. The summed E-state index contributed by atoms with van der Waals surface area (Å²) in [6.45, 7) is 2.15. The number of carboxylic acid groups (broad SMARTS) is 1. The van der Waals surface area contributed by atoms with Crippen LogP contribution in [-0.2, 0) is 16.0 Å². The Labute approximate surface area is 126 Å². The van der Waals surface area contributed by atoms with Gasteiger partial charge in [0.2, 0.25) is 5.91 Å². The van der Waals surface area contributed by atoms with E-state index in [1.54, 1.807) is 0 Å². The number of hydrogen-bond donors (Lipinski definition) is 2. The van der Waals surface area contributed by atoms with E-state index in [-0.39, 0.29) is 18.9 Å². The van der Waals surface area contributed by atoms with Gasteiger partial charge in [0.05, 0.1) is 11.1 Å². The molecule has 6 heteroatoms. The zero-order valence-corrected chi connectivity index (χ0v) is 12.9. The molecule has 0 spiro atoms. The molecule has 0 aromatic heterocycles. The normalized spacial score (nSPS) is 10.1. The molecule has 0 unspecified atom stereocenters. The molecule has 1 amide bonds. The Morgan fingerprint density at radius 1 is 1.40 bits per heavy atom. The zero-order chi connectivity index (χ0) is 15.0. The number of amides is 1. The predicted molar refractivity (Wildman–Crippen MR) is 78.9 cm³/mol. The molecule has 0 aliphatic heterocycles. The molecule has 5 nitrogen and oxygen atoms in total. The van der Waals surface area contributed by atoms with E-state index in [0.717, 1.165) is 16.6 Å². The summed E-state index contributed by atoms with van der Waals surface area (Å²) in [5, 5.41) is 10.7. The van der Waals surface area contributed by atoms with Crippen molar-refractivity contribution < 1.29 is 19.4 Å². The van der Waals surface area contributed by atoms with Gasteiger partial charge in [0.25, 0.3) is 0 Å². The smallest absolute Gasteiger partial charge is 0.322 e. The maximum Gasteiger partial charge on any atom is 0.322 e. The van der Waals surface area contributed by atoms with Crippen molar-refractivity contribution in [3.8, 4) is 5.75 Å². The van der Waals surface area contributed by atoms with Gasteiger partial charge in [0, 0.05) is 6.42 Å². The minimum atomic E-state index is -1.05. The van der Waals surface area contributed by atoms with E-state index in [0.29, 0.717) is 13.0 Å². The number of nitrogens with one attached hydrogen (secondary N) is 1. The summed E-state index contributed by atoms with van der Waals surface area (Å²) in [7, 11) is 0. The zero-order valence-electron chi connectivity index (χ0n) is 11.3. The standard InChI is InChI=1S/C14H18BrNO4/c1-2-10-5-6-12(11(15)8-10)20-7-3-4-13(17)16-9-14(18)19/h5-6,8H,2-4,7,9H2,1H3,(H,16,17)(H,18,19). The van der Waals surface area contributed by atoms with E-state index in [9.17, 15) is 9.59 Å². The molecular weight excluding hydrogens is 326 g/mol. The van der Waals surface area contributed by atoms with Crippen LogP contribution in [0.2, 0.25) is 0 Å². The summed E-state index contributed by atoms with van der Waals surface area (Å²) in [4.78, 5) is 21.5. The lowest BCUT2D eigenvalue weighted by molar-refractivity contribution is -0.137. The van der Waals surface area contributed by atoms with Gasteiger partial charge in [-0.1, -0.05) is 13.0 Å². The van der Waals surface area contributed by atoms with Crippen molar-refractivity contribution in [2.75, 3.05) is 13.2 Å². The van der Waals surface area contributed by atoms with Crippen molar-refractivity contribution in [3.05, 3.63) is 28.2 Å². The van der Waals surface area contributed by atoms with Crippen LogP contribution >= 0.6 is 15.9 Å². The van der Waals surface area contributed by atoms with Gasteiger partial charge in [-0.05, 0) is 46.5 Å². The number of rotatable bonds is 8. The number of carboxylic acids is 1. The molecule has 0 atom stereocenters. The molecular formula is C14H18BrNO4. The molecule has 0 aliphatic rings. The van der Waals surface area contributed by atoms with Crippen molar-refractivity contribution in [1.82, 2.24) is 5.32 Å². The van der Waals surface area contributed by atoms with Crippen molar-refractivity contribution >= 4 is 27.8 Å². The topological polar surface area (TPSA) is 75.6 Å². The summed E-state index contributed by atoms with van der Waals surface area (Å²) in [6.07, 6.45) is 1.74. The molecule has 2 N–H and O–H groups in total. The van der Waals surface area contributed by atoms with Crippen molar-refractivity contribution in [2.24, 2.45) is 0 Å². The maximum atomic E-state index is 11.3. The maximum absolute atomic E-state index is 11.3. The molecule has 0 saturated carbocycles. The summed E-state index contributed by atoms with van der Waals surface area (Å²) in [5.74, 6) is -0.584.